The minimum Gasteiger partial charge on any atom is -0.385 e. The number of nitrogens with one attached hydrogen (secondary N) is 1. The lowest BCUT2D eigenvalue weighted by atomic mass is 10.1. The van der Waals surface area contributed by atoms with E-state index in [9.17, 15) is 13.2 Å². The van der Waals surface area contributed by atoms with Crippen LogP contribution in [0, 0.1) is 11.3 Å². The van der Waals surface area contributed by atoms with Crippen molar-refractivity contribution in [2.24, 2.45) is 0 Å². The Morgan fingerprint density at radius 2 is 2.00 bits per heavy atom. The molecule has 1 rings (SSSR count). The van der Waals surface area contributed by atoms with Gasteiger partial charge in [0.05, 0.1) is 11.6 Å². The molecule has 1 aromatic rings. The Labute approximate surface area is 112 Å². The van der Waals surface area contributed by atoms with Crippen LogP contribution in [0.4, 0.5) is 18.9 Å². The van der Waals surface area contributed by atoms with Crippen molar-refractivity contribution in [1.82, 2.24) is 0 Å². The maximum absolute atomic E-state index is 12.8. The fraction of sp³-hybridized carbons (Fsp3) is 0.417. The van der Waals surface area contributed by atoms with Gasteiger partial charge in [-0.15, -0.1) is 0 Å². The third kappa shape index (κ3) is 4.57. The van der Waals surface area contributed by atoms with Crippen LogP contribution in [0.5, 0.6) is 0 Å². The first-order valence-electron chi connectivity index (χ1n) is 5.42. The van der Waals surface area contributed by atoms with Crippen molar-refractivity contribution in [3.05, 3.63) is 28.2 Å². The maximum atomic E-state index is 12.8. The van der Waals surface area contributed by atoms with Crippen LogP contribution in [0.1, 0.15) is 24.8 Å². The number of nitriles is 1. The molecule has 0 amide bonds. The van der Waals surface area contributed by atoms with E-state index < -0.39 is 11.7 Å². The highest BCUT2D eigenvalue weighted by Crippen LogP contribution is 2.36. The summed E-state index contributed by atoms with van der Waals surface area (Å²) >= 11 is 3.03. The van der Waals surface area contributed by atoms with Crippen molar-refractivity contribution in [3.8, 4) is 6.07 Å². The average molecular weight is 321 g/mol. The van der Waals surface area contributed by atoms with Crippen molar-refractivity contribution >= 4 is 21.6 Å². The molecule has 0 radical (unpaired) electrons. The van der Waals surface area contributed by atoms with E-state index in [1.165, 1.54) is 6.07 Å². The van der Waals surface area contributed by atoms with E-state index in [4.69, 9.17) is 5.26 Å². The Kier molecular flexibility index (Phi) is 5.48. The predicted octanol–water partition coefficient (Wildman–Crippen LogP) is 4.57. The van der Waals surface area contributed by atoms with Gasteiger partial charge in [0.1, 0.15) is 0 Å². The fourth-order valence-electron chi connectivity index (χ4n) is 1.46. The first-order valence-corrected chi connectivity index (χ1v) is 6.22. The zero-order valence-electron chi connectivity index (χ0n) is 9.52. The molecule has 6 heteroatoms. The molecule has 0 saturated heterocycles. The highest BCUT2D eigenvalue weighted by Gasteiger charge is 2.33. The van der Waals surface area contributed by atoms with Gasteiger partial charge in [-0.2, -0.15) is 18.4 Å². The SMILES string of the molecule is N#CCCCCNc1ccc(Br)cc1C(F)(F)F. The van der Waals surface area contributed by atoms with E-state index in [1.807, 2.05) is 6.07 Å². The molecule has 98 valence electrons. The van der Waals surface area contributed by atoms with Crippen LogP contribution in [0.15, 0.2) is 22.7 Å². The summed E-state index contributed by atoms with van der Waals surface area (Å²) in [5, 5.41) is 11.1. The average Bonchev–Trinajstić information content (AvgIpc) is 2.29. The lowest BCUT2D eigenvalue weighted by Gasteiger charge is -2.14. The zero-order valence-corrected chi connectivity index (χ0v) is 11.1. The Balaban J connectivity index is 2.68. The summed E-state index contributed by atoms with van der Waals surface area (Å²) in [6.45, 7) is 0.423. The molecule has 0 spiro atoms. The molecule has 0 aliphatic rings. The number of hydrogen-bond acceptors (Lipinski definition) is 2. The monoisotopic (exact) mass is 320 g/mol. The Hall–Kier alpha value is -1.22. The van der Waals surface area contributed by atoms with E-state index in [0.29, 0.717) is 30.3 Å². The molecular formula is C12H12BrF3N2. The molecule has 0 aromatic heterocycles. The molecule has 18 heavy (non-hydrogen) atoms. The van der Waals surface area contributed by atoms with Crippen molar-refractivity contribution in [1.29, 1.82) is 5.26 Å². The zero-order chi connectivity index (χ0) is 13.6. The number of hydrogen-bond donors (Lipinski definition) is 1. The molecule has 0 saturated carbocycles. The van der Waals surface area contributed by atoms with Crippen molar-refractivity contribution in [2.75, 3.05) is 11.9 Å². The maximum Gasteiger partial charge on any atom is 0.418 e. The second-order valence-electron chi connectivity index (χ2n) is 3.73. The molecule has 0 atom stereocenters. The van der Waals surface area contributed by atoms with Gasteiger partial charge in [-0.25, -0.2) is 0 Å². The lowest BCUT2D eigenvalue weighted by molar-refractivity contribution is -0.137. The molecule has 1 N–H and O–H groups in total. The van der Waals surface area contributed by atoms with Gasteiger partial charge in [0.2, 0.25) is 0 Å². The van der Waals surface area contributed by atoms with Gasteiger partial charge in [-0.05, 0) is 31.0 Å². The first kappa shape index (κ1) is 14.8. The Morgan fingerprint density at radius 3 is 2.61 bits per heavy atom. The molecule has 0 aliphatic heterocycles. The second-order valence-corrected chi connectivity index (χ2v) is 4.65. The van der Waals surface area contributed by atoms with Crippen LogP contribution in [-0.2, 0) is 6.18 Å². The van der Waals surface area contributed by atoms with Gasteiger partial charge < -0.3 is 5.32 Å². The van der Waals surface area contributed by atoms with Gasteiger partial charge in [-0.1, -0.05) is 15.9 Å². The van der Waals surface area contributed by atoms with Gasteiger partial charge in [0, 0.05) is 23.1 Å². The van der Waals surface area contributed by atoms with E-state index in [-0.39, 0.29) is 5.69 Å². The lowest BCUT2D eigenvalue weighted by Crippen LogP contribution is -2.11. The van der Waals surface area contributed by atoms with Gasteiger partial charge in [0.15, 0.2) is 0 Å². The highest BCUT2D eigenvalue weighted by atomic mass is 79.9. The van der Waals surface area contributed by atoms with Crippen LogP contribution >= 0.6 is 15.9 Å². The third-order valence-corrected chi connectivity index (χ3v) is 2.81. The number of alkyl halides is 3. The van der Waals surface area contributed by atoms with Gasteiger partial charge >= 0.3 is 6.18 Å². The minimum atomic E-state index is -4.38. The molecular weight excluding hydrogens is 309 g/mol. The van der Waals surface area contributed by atoms with Crippen LogP contribution in [-0.4, -0.2) is 6.54 Å². The molecule has 0 aliphatic carbocycles. The molecule has 0 heterocycles. The van der Waals surface area contributed by atoms with E-state index in [0.717, 1.165) is 6.07 Å². The quantitative estimate of drug-likeness (QED) is 0.806. The Bertz CT molecular complexity index is 438. The Morgan fingerprint density at radius 1 is 1.28 bits per heavy atom. The molecule has 1 aromatic carbocycles. The summed E-state index contributed by atoms with van der Waals surface area (Å²) < 4.78 is 38.7. The molecule has 0 fully saturated rings. The third-order valence-electron chi connectivity index (χ3n) is 2.32. The summed E-state index contributed by atoms with van der Waals surface area (Å²) in [7, 11) is 0. The van der Waals surface area contributed by atoms with Crippen molar-refractivity contribution in [2.45, 2.75) is 25.4 Å². The summed E-state index contributed by atoms with van der Waals surface area (Å²) in [6.07, 6.45) is -2.60. The molecule has 2 nitrogen and oxygen atoms in total. The van der Waals surface area contributed by atoms with Crippen molar-refractivity contribution in [3.63, 3.8) is 0 Å². The van der Waals surface area contributed by atoms with E-state index >= 15 is 0 Å². The van der Waals surface area contributed by atoms with E-state index in [2.05, 4.69) is 21.2 Å². The number of nitrogens with zero attached hydrogens (tertiary/aromatic N) is 1. The normalized spacial score (nSPS) is 11.1. The predicted molar refractivity (Wildman–Crippen MR) is 67.1 cm³/mol. The summed E-state index contributed by atoms with van der Waals surface area (Å²) in [4.78, 5) is 0. The highest BCUT2D eigenvalue weighted by molar-refractivity contribution is 9.10. The van der Waals surface area contributed by atoms with Crippen LogP contribution in [0.3, 0.4) is 0 Å². The number of rotatable bonds is 5. The molecule has 0 bridgehead atoms. The van der Waals surface area contributed by atoms with Crippen LogP contribution in [0.25, 0.3) is 0 Å². The standard InChI is InChI=1S/C12H12BrF3N2/c13-9-4-5-11(10(8-9)12(14,15)16)18-7-3-1-2-6-17/h4-5,8,18H,1-3,7H2. The minimum absolute atomic E-state index is 0.0719. The largest absolute Gasteiger partial charge is 0.418 e. The van der Waals surface area contributed by atoms with Crippen LogP contribution < -0.4 is 5.32 Å². The van der Waals surface area contributed by atoms with Crippen LogP contribution in [0.2, 0.25) is 0 Å². The first-order chi connectivity index (χ1) is 8.45. The number of unbranched alkanes of at least 4 members (excludes halogenated alkanes) is 2. The topological polar surface area (TPSA) is 35.8 Å². The summed E-state index contributed by atoms with van der Waals surface area (Å²) in [6, 6.07) is 6.01. The van der Waals surface area contributed by atoms with E-state index in [1.54, 1.807) is 6.07 Å². The van der Waals surface area contributed by atoms with Crippen molar-refractivity contribution < 1.29 is 13.2 Å². The second kappa shape index (κ2) is 6.64. The molecule has 0 unspecified atom stereocenters. The number of halogens is 4. The summed E-state index contributed by atoms with van der Waals surface area (Å²) in [5.74, 6) is 0. The van der Waals surface area contributed by atoms with Gasteiger partial charge in [0.25, 0.3) is 0 Å². The number of anilines is 1. The smallest absolute Gasteiger partial charge is 0.385 e. The number of benzene rings is 1. The summed E-state index contributed by atoms with van der Waals surface area (Å²) in [5.41, 5.74) is -0.611. The fourth-order valence-corrected chi connectivity index (χ4v) is 1.82. The van der Waals surface area contributed by atoms with Gasteiger partial charge in [-0.3, -0.25) is 0 Å².